The second-order valence-corrected chi connectivity index (χ2v) is 7.49. The zero-order chi connectivity index (χ0) is 20.4. The Bertz CT molecular complexity index is 990. The van der Waals surface area contributed by atoms with Crippen LogP contribution in [0, 0.1) is 0 Å². The highest BCUT2D eigenvalue weighted by atomic mass is 16.7. The maximum atomic E-state index is 12.2. The number of carbonyl (C=O) groups is 1. The van der Waals surface area contributed by atoms with E-state index in [0.29, 0.717) is 0 Å². The molecule has 7 nitrogen and oxygen atoms in total. The summed E-state index contributed by atoms with van der Waals surface area (Å²) in [5.74, 6) is -0.0885. The van der Waals surface area contributed by atoms with Crippen LogP contribution in [0.5, 0.6) is 0 Å². The highest BCUT2D eigenvalue weighted by molar-refractivity contribution is 5.82. The summed E-state index contributed by atoms with van der Waals surface area (Å²) in [7, 11) is 5.27. The number of benzene rings is 2. The van der Waals surface area contributed by atoms with Gasteiger partial charge in [0.05, 0.1) is 24.6 Å². The Balaban J connectivity index is 1.57. The smallest absolute Gasteiger partial charge is 0.250 e. The van der Waals surface area contributed by atoms with E-state index in [0.717, 1.165) is 48.5 Å². The number of nitrogens with zero attached hydrogens (tertiary/aromatic N) is 5. The van der Waals surface area contributed by atoms with E-state index < -0.39 is 0 Å². The van der Waals surface area contributed by atoms with Crippen LogP contribution >= 0.6 is 0 Å². The molecule has 1 saturated heterocycles. The van der Waals surface area contributed by atoms with Crippen LogP contribution in [-0.4, -0.2) is 72.8 Å². The Hall–Kier alpha value is -2.90. The molecule has 0 radical (unpaired) electrons. The number of hydrogen-bond donors (Lipinski definition) is 0. The molecular weight excluding hydrogens is 366 g/mol. The molecule has 1 aliphatic rings. The van der Waals surface area contributed by atoms with Crippen molar-refractivity contribution in [3.8, 4) is 5.69 Å². The van der Waals surface area contributed by atoms with Crippen molar-refractivity contribution in [3.63, 3.8) is 0 Å². The average Bonchev–Trinajstić information content (AvgIpc) is 3.17. The Morgan fingerprint density at radius 2 is 1.76 bits per heavy atom. The summed E-state index contributed by atoms with van der Waals surface area (Å²) >= 11 is 0. The monoisotopic (exact) mass is 393 g/mol. The quantitative estimate of drug-likeness (QED) is 0.623. The fraction of sp³-hybridized carbons (Fsp3) is 0.364. The molecule has 0 N–H and O–H groups in total. The van der Waals surface area contributed by atoms with E-state index in [1.165, 1.54) is 17.9 Å². The fourth-order valence-corrected chi connectivity index (χ4v) is 3.65. The lowest BCUT2D eigenvalue weighted by Gasteiger charge is -2.34. The molecule has 0 spiro atoms. The van der Waals surface area contributed by atoms with Gasteiger partial charge in [0.2, 0.25) is 5.91 Å². The van der Waals surface area contributed by atoms with Gasteiger partial charge >= 0.3 is 0 Å². The first kappa shape index (κ1) is 19.4. The molecule has 2 aromatic carbocycles. The molecule has 1 aliphatic heterocycles. The molecule has 2 heterocycles. The second kappa shape index (κ2) is 8.23. The predicted molar refractivity (Wildman–Crippen MR) is 114 cm³/mol. The number of hydroxylamine groups is 2. The van der Waals surface area contributed by atoms with Crippen LogP contribution in [0.15, 0.2) is 48.8 Å². The topological polar surface area (TPSA) is 53.8 Å². The lowest BCUT2D eigenvalue weighted by atomic mass is 10.1. The molecule has 0 aliphatic carbocycles. The van der Waals surface area contributed by atoms with Crippen LogP contribution in [0.2, 0.25) is 0 Å². The average molecular weight is 393 g/mol. The first-order valence-corrected chi connectivity index (χ1v) is 9.86. The fourth-order valence-electron chi connectivity index (χ4n) is 3.65. The third kappa shape index (κ3) is 4.11. The molecule has 152 valence electrons. The van der Waals surface area contributed by atoms with Gasteiger partial charge in [-0.3, -0.25) is 14.2 Å². The molecule has 0 unspecified atom stereocenters. The minimum atomic E-state index is -0.0885. The summed E-state index contributed by atoms with van der Waals surface area (Å²) in [6.45, 7) is 4.29. The Morgan fingerprint density at radius 1 is 1.07 bits per heavy atom. The number of piperazine rings is 1. The number of carbonyl (C=O) groups excluding carboxylic acids is 1. The van der Waals surface area contributed by atoms with E-state index in [-0.39, 0.29) is 12.3 Å². The van der Waals surface area contributed by atoms with Crippen molar-refractivity contribution in [2.24, 2.45) is 0 Å². The first-order valence-electron chi connectivity index (χ1n) is 9.86. The van der Waals surface area contributed by atoms with Gasteiger partial charge in [-0.25, -0.2) is 10.0 Å². The standard InChI is InChI=1S/C22H27N5O2/c1-24-10-12-26(13-11-24)18-5-7-19(8-6-18)27-16-23-20-9-4-17(14-21(20)27)15-22(28)25(2)29-3/h4-9,14,16H,10-13,15H2,1-3H3. The molecular formula is C22H27N5O2. The number of amides is 1. The van der Waals surface area contributed by atoms with Crippen LogP contribution in [0.25, 0.3) is 16.7 Å². The third-order valence-electron chi connectivity index (χ3n) is 5.59. The summed E-state index contributed by atoms with van der Waals surface area (Å²) in [4.78, 5) is 26.4. The van der Waals surface area contributed by atoms with Crippen LogP contribution in [0.1, 0.15) is 5.56 Å². The van der Waals surface area contributed by atoms with Gasteiger partial charge in [-0.1, -0.05) is 6.07 Å². The van der Waals surface area contributed by atoms with Gasteiger partial charge in [0, 0.05) is 44.6 Å². The van der Waals surface area contributed by atoms with Gasteiger partial charge in [-0.05, 0) is 49.0 Å². The van der Waals surface area contributed by atoms with E-state index in [2.05, 4.69) is 50.7 Å². The normalized spacial score (nSPS) is 15.1. The number of aromatic nitrogens is 2. The largest absolute Gasteiger partial charge is 0.369 e. The lowest BCUT2D eigenvalue weighted by molar-refractivity contribution is -0.167. The van der Waals surface area contributed by atoms with Crippen LogP contribution in [0.3, 0.4) is 0 Å². The van der Waals surface area contributed by atoms with Crippen molar-refractivity contribution in [1.82, 2.24) is 19.5 Å². The zero-order valence-corrected chi connectivity index (χ0v) is 17.2. The molecule has 7 heteroatoms. The minimum Gasteiger partial charge on any atom is -0.369 e. The van der Waals surface area contributed by atoms with Gasteiger partial charge in [0.1, 0.15) is 6.33 Å². The first-order chi connectivity index (χ1) is 14.0. The lowest BCUT2D eigenvalue weighted by Crippen LogP contribution is -2.44. The summed E-state index contributed by atoms with van der Waals surface area (Å²) in [5.41, 5.74) is 5.14. The third-order valence-corrected chi connectivity index (χ3v) is 5.59. The van der Waals surface area contributed by atoms with Gasteiger partial charge in [-0.2, -0.15) is 0 Å². The molecule has 3 aromatic rings. The highest BCUT2D eigenvalue weighted by Gasteiger charge is 2.15. The number of fused-ring (bicyclic) bond motifs is 1. The minimum absolute atomic E-state index is 0.0885. The van der Waals surface area contributed by atoms with E-state index in [4.69, 9.17) is 4.84 Å². The van der Waals surface area contributed by atoms with E-state index >= 15 is 0 Å². The molecule has 0 saturated carbocycles. The zero-order valence-electron chi connectivity index (χ0n) is 17.2. The second-order valence-electron chi connectivity index (χ2n) is 7.49. The van der Waals surface area contributed by atoms with Crippen molar-refractivity contribution in [1.29, 1.82) is 0 Å². The van der Waals surface area contributed by atoms with E-state index in [9.17, 15) is 4.79 Å². The Kier molecular flexibility index (Phi) is 5.51. The van der Waals surface area contributed by atoms with Crippen LogP contribution < -0.4 is 4.90 Å². The summed E-state index contributed by atoms with van der Waals surface area (Å²) in [5, 5.41) is 1.25. The van der Waals surface area contributed by atoms with Crippen LogP contribution in [-0.2, 0) is 16.1 Å². The van der Waals surface area contributed by atoms with Gasteiger partial charge in [0.15, 0.2) is 0 Å². The van der Waals surface area contributed by atoms with Gasteiger partial charge < -0.3 is 9.80 Å². The summed E-state index contributed by atoms with van der Waals surface area (Å²) < 4.78 is 2.07. The van der Waals surface area contributed by atoms with Gasteiger partial charge in [0.25, 0.3) is 0 Å². The molecule has 29 heavy (non-hydrogen) atoms. The predicted octanol–water partition coefficient (Wildman–Crippen LogP) is 2.34. The maximum absolute atomic E-state index is 12.2. The van der Waals surface area contributed by atoms with Gasteiger partial charge in [-0.15, -0.1) is 0 Å². The van der Waals surface area contributed by atoms with Crippen molar-refractivity contribution in [2.75, 3.05) is 52.3 Å². The van der Waals surface area contributed by atoms with Crippen molar-refractivity contribution < 1.29 is 9.63 Å². The Labute approximate surface area is 171 Å². The van der Waals surface area contributed by atoms with Crippen LogP contribution in [0.4, 0.5) is 5.69 Å². The number of anilines is 1. The molecule has 1 aromatic heterocycles. The molecule has 0 atom stereocenters. The SMILES string of the molecule is CON(C)C(=O)Cc1ccc2ncn(-c3ccc(N4CCN(C)CC4)cc3)c2c1. The summed E-state index contributed by atoms with van der Waals surface area (Å²) in [6, 6.07) is 14.5. The molecule has 1 amide bonds. The molecule has 1 fully saturated rings. The summed E-state index contributed by atoms with van der Waals surface area (Å²) in [6.07, 6.45) is 2.12. The Morgan fingerprint density at radius 3 is 2.45 bits per heavy atom. The van der Waals surface area contributed by atoms with E-state index in [1.807, 2.05) is 24.5 Å². The molecule has 4 rings (SSSR count). The molecule has 0 bridgehead atoms. The number of rotatable bonds is 5. The number of hydrogen-bond acceptors (Lipinski definition) is 5. The number of imidazole rings is 1. The van der Waals surface area contributed by atoms with E-state index in [1.54, 1.807) is 7.05 Å². The maximum Gasteiger partial charge on any atom is 0.250 e. The van der Waals surface area contributed by atoms with Crippen molar-refractivity contribution in [3.05, 3.63) is 54.4 Å². The van der Waals surface area contributed by atoms with Crippen molar-refractivity contribution in [2.45, 2.75) is 6.42 Å². The van der Waals surface area contributed by atoms with Crippen molar-refractivity contribution >= 4 is 22.6 Å². The highest BCUT2D eigenvalue weighted by Crippen LogP contribution is 2.23. The number of likely N-dealkylation sites (N-methyl/N-ethyl adjacent to an activating group) is 2.